The molecule has 0 spiro atoms. The first kappa shape index (κ1) is 23.5. The van der Waals surface area contributed by atoms with Crippen LogP contribution in [0.15, 0.2) is 42.0 Å². The molecule has 1 amide bonds. The Morgan fingerprint density at radius 3 is 2.47 bits per heavy atom. The van der Waals surface area contributed by atoms with Crippen LogP contribution in [-0.4, -0.2) is 48.1 Å². The van der Waals surface area contributed by atoms with Crippen molar-refractivity contribution >= 4 is 17.4 Å². The van der Waals surface area contributed by atoms with E-state index in [0.29, 0.717) is 16.9 Å². The van der Waals surface area contributed by atoms with Crippen LogP contribution in [0, 0.1) is 19.7 Å². The Bertz CT molecular complexity index is 1080. The number of halogens is 1. The number of ether oxygens (including phenoxy) is 2. The number of carbonyl (C=O) groups is 2. The zero-order valence-electron chi connectivity index (χ0n) is 18.9. The number of carbonyl (C=O) groups excluding carboxylic acids is 2. The third-order valence-corrected chi connectivity index (χ3v) is 5.52. The van der Waals surface area contributed by atoms with Gasteiger partial charge in [-0.25, -0.2) is 4.39 Å². The molecule has 7 heteroatoms. The number of methoxy groups -OCH3 is 1. The molecule has 1 aliphatic heterocycles. The van der Waals surface area contributed by atoms with E-state index in [1.165, 1.54) is 23.1 Å². The van der Waals surface area contributed by atoms with E-state index in [0.717, 1.165) is 5.56 Å². The summed E-state index contributed by atoms with van der Waals surface area (Å²) in [5.74, 6) is -1.92. The molecule has 1 saturated heterocycles. The van der Waals surface area contributed by atoms with E-state index in [9.17, 15) is 19.1 Å². The lowest BCUT2D eigenvalue weighted by atomic mass is 9.93. The molecule has 1 aliphatic rings. The molecule has 0 radical (unpaired) electrons. The van der Waals surface area contributed by atoms with Gasteiger partial charge in [0.05, 0.1) is 31.4 Å². The molecule has 2 aromatic carbocycles. The highest BCUT2D eigenvalue weighted by molar-refractivity contribution is 6.46. The summed E-state index contributed by atoms with van der Waals surface area (Å²) in [7, 11) is 1.55. The molecular weight excluding hydrogens is 413 g/mol. The van der Waals surface area contributed by atoms with Gasteiger partial charge in [0.15, 0.2) is 0 Å². The number of likely N-dealkylation sites (tertiary alicyclic amines) is 1. The molecule has 2 aromatic rings. The SMILES string of the molecule is COc1cc(C)c(/C(O)=C2\C(=O)C(=O)N(CCOC(C)C)C2c2ccccc2F)cc1C. The van der Waals surface area contributed by atoms with Gasteiger partial charge < -0.3 is 19.5 Å². The zero-order valence-corrected chi connectivity index (χ0v) is 18.9. The molecule has 1 N–H and O–H groups in total. The first-order valence-electron chi connectivity index (χ1n) is 10.5. The van der Waals surface area contributed by atoms with Gasteiger partial charge in [-0.2, -0.15) is 0 Å². The zero-order chi connectivity index (χ0) is 23.6. The van der Waals surface area contributed by atoms with Crippen molar-refractivity contribution in [2.75, 3.05) is 20.3 Å². The normalized spacial score (nSPS) is 18.0. The fourth-order valence-electron chi connectivity index (χ4n) is 3.93. The van der Waals surface area contributed by atoms with Crippen molar-refractivity contribution < 1.29 is 28.6 Å². The topological polar surface area (TPSA) is 76.1 Å². The molecule has 1 heterocycles. The largest absolute Gasteiger partial charge is 0.507 e. The molecule has 3 rings (SSSR count). The van der Waals surface area contributed by atoms with E-state index in [-0.39, 0.29) is 36.2 Å². The second-order valence-corrected chi connectivity index (χ2v) is 8.07. The number of ketones is 1. The van der Waals surface area contributed by atoms with Crippen LogP contribution in [0.5, 0.6) is 5.75 Å². The summed E-state index contributed by atoms with van der Waals surface area (Å²) >= 11 is 0. The molecule has 0 bridgehead atoms. The molecule has 0 aliphatic carbocycles. The maximum Gasteiger partial charge on any atom is 0.295 e. The van der Waals surface area contributed by atoms with Crippen molar-refractivity contribution in [2.45, 2.75) is 39.8 Å². The van der Waals surface area contributed by atoms with Crippen LogP contribution in [0.1, 0.15) is 42.1 Å². The van der Waals surface area contributed by atoms with Gasteiger partial charge in [0.2, 0.25) is 0 Å². The van der Waals surface area contributed by atoms with Crippen molar-refractivity contribution in [1.82, 2.24) is 4.90 Å². The van der Waals surface area contributed by atoms with E-state index < -0.39 is 23.5 Å². The van der Waals surface area contributed by atoms with E-state index >= 15 is 0 Å². The van der Waals surface area contributed by atoms with Crippen LogP contribution in [0.3, 0.4) is 0 Å². The molecule has 0 aromatic heterocycles. The Morgan fingerprint density at radius 1 is 1.16 bits per heavy atom. The average molecular weight is 441 g/mol. The van der Waals surface area contributed by atoms with Crippen LogP contribution in [-0.2, 0) is 14.3 Å². The molecular formula is C25H28FNO5. The minimum absolute atomic E-state index is 0.0661. The quantitative estimate of drug-likeness (QED) is 0.394. The standard InChI is InChI=1S/C25H28FNO5/c1-14(2)32-11-10-27-22(17-8-6-7-9-19(17)26)21(24(29)25(27)30)23(28)18-12-16(4)20(31-5)13-15(18)3/h6-9,12-14,22,28H,10-11H2,1-5H3/b23-21+. The second kappa shape index (κ2) is 9.53. The minimum Gasteiger partial charge on any atom is -0.507 e. The summed E-state index contributed by atoms with van der Waals surface area (Å²) in [4.78, 5) is 27.2. The lowest BCUT2D eigenvalue weighted by Gasteiger charge is -2.26. The summed E-state index contributed by atoms with van der Waals surface area (Å²) in [6, 6.07) is 8.32. The molecule has 1 unspecified atom stereocenters. The van der Waals surface area contributed by atoms with Gasteiger partial charge in [0, 0.05) is 17.7 Å². The van der Waals surface area contributed by atoms with E-state index in [2.05, 4.69) is 0 Å². The minimum atomic E-state index is -1.06. The molecule has 1 atom stereocenters. The van der Waals surface area contributed by atoms with E-state index in [4.69, 9.17) is 9.47 Å². The van der Waals surface area contributed by atoms with E-state index in [1.54, 1.807) is 32.2 Å². The van der Waals surface area contributed by atoms with Gasteiger partial charge in [-0.15, -0.1) is 0 Å². The van der Waals surface area contributed by atoms with Gasteiger partial charge >= 0.3 is 0 Å². The number of hydrogen-bond acceptors (Lipinski definition) is 5. The van der Waals surface area contributed by atoms with Crippen LogP contribution < -0.4 is 4.74 Å². The van der Waals surface area contributed by atoms with Gasteiger partial charge in [0.25, 0.3) is 11.7 Å². The maximum atomic E-state index is 14.8. The van der Waals surface area contributed by atoms with Crippen molar-refractivity contribution in [3.05, 3.63) is 70.0 Å². The van der Waals surface area contributed by atoms with Crippen LogP contribution in [0.4, 0.5) is 4.39 Å². The lowest BCUT2D eigenvalue weighted by Crippen LogP contribution is -2.33. The molecule has 0 saturated carbocycles. The Balaban J connectivity index is 2.18. The van der Waals surface area contributed by atoms with Crippen molar-refractivity contribution in [3.8, 4) is 5.75 Å². The molecule has 170 valence electrons. The first-order valence-corrected chi connectivity index (χ1v) is 10.5. The highest BCUT2D eigenvalue weighted by Gasteiger charge is 2.46. The summed E-state index contributed by atoms with van der Waals surface area (Å²) in [5, 5.41) is 11.2. The number of aryl methyl sites for hydroxylation is 2. The monoisotopic (exact) mass is 441 g/mol. The molecule has 6 nitrogen and oxygen atoms in total. The van der Waals surface area contributed by atoms with Crippen LogP contribution in [0.2, 0.25) is 0 Å². The van der Waals surface area contributed by atoms with Crippen molar-refractivity contribution in [3.63, 3.8) is 0 Å². The lowest BCUT2D eigenvalue weighted by molar-refractivity contribution is -0.140. The van der Waals surface area contributed by atoms with Crippen molar-refractivity contribution in [2.24, 2.45) is 0 Å². The van der Waals surface area contributed by atoms with E-state index in [1.807, 2.05) is 20.8 Å². The number of amides is 1. The number of benzene rings is 2. The Kier molecular flexibility index (Phi) is 6.99. The number of rotatable bonds is 7. The first-order chi connectivity index (χ1) is 15.2. The number of Topliss-reactive ketones (excluding diaryl/α,β-unsaturated/α-hetero) is 1. The number of hydrogen-bond donors (Lipinski definition) is 1. The smallest absolute Gasteiger partial charge is 0.295 e. The van der Waals surface area contributed by atoms with Crippen LogP contribution >= 0.6 is 0 Å². The van der Waals surface area contributed by atoms with Crippen molar-refractivity contribution in [1.29, 1.82) is 0 Å². The third-order valence-electron chi connectivity index (χ3n) is 5.52. The number of aliphatic hydroxyl groups excluding tert-OH is 1. The Hall–Kier alpha value is -3.19. The maximum absolute atomic E-state index is 14.8. The Labute approximate surface area is 187 Å². The Morgan fingerprint density at radius 2 is 1.84 bits per heavy atom. The summed E-state index contributed by atoms with van der Waals surface area (Å²) in [6.45, 7) is 7.55. The van der Waals surface area contributed by atoms with Gasteiger partial charge in [0.1, 0.15) is 17.3 Å². The molecule has 32 heavy (non-hydrogen) atoms. The molecule has 1 fully saturated rings. The third kappa shape index (κ3) is 4.39. The predicted octanol–water partition coefficient (Wildman–Crippen LogP) is 4.30. The average Bonchev–Trinajstić information content (AvgIpc) is 2.99. The predicted molar refractivity (Wildman–Crippen MR) is 119 cm³/mol. The highest BCUT2D eigenvalue weighted by atomic mass is 19.1. The summed E-state index contributed by atoms with van der Waals surface area (Å²) in [6.07, 6.45) is -0.0661. The van der Waals surface area contributed by atoms with Gasteiger partial charge in [-0.05, 0) is 57.0 Å². The van der Waals surface area contributed by atoms with Crippen LogP contribution in [0.25, 0.3) is 5.76 Å². The second-order valence-electron chi connectivity index (χ2n) is 8.07. The van der Waals surface area contributed by atoms with Gasteiger partial charge in [-0.1, -0.05) is 18.2 Å². The fraction of sp³-hybridized carbons (Fsp3) is 0.360. The summed E-state index contributed by atoms with van der Waals surface area (Å²) < 4.78 is 25.7. The summed E-state index contributed by atoms with van der Waals surface area (Å²) in [5.41, 5.74) is 1.80. The number of aliphatic hydroxyl groups is 1. The highest BCUT2D eigenvalue weighted by Crippen LogP contribution is 2.41. The number of nitrogens with zero attached hydrogens (tertiary/aromatic N) is 1. The van der Waals surface area contributed by atoms with Gasteiger partial charge in [-0.3, -0.25) is 9.59 Å². The fourth-order valence-corrected chi connectivity index (χ4v) is 3.93.